The molecule has 0 N–H and O–H groups in total. The van der Waals surface area contributed by atoms with Crippen LogP contribution in [0.25, 0.3) is 5.57 Å². The van der Waals surface area contributed by atoms with Gasteiger partial charge in [0.25, 0.3) is 0 Å². The van der Waals surface area contributed by atoms with Crippen LogP contribution in [0.2, 0.25) is 0 Å². The van der Waals surface area contributed by atoms with Crippen molar-refractivity contribution in [2.75, 3.05) is 0 Å². The third kappa shape index (κ3) is 2.19. The number of aryl methyl sites for hydroxylation is 1. The summed E-state index contributed by atoms with van der Waals surface area (Å²) in [5.74, 6) is 0. The highest BCUT2D eigenvalue weighted by Crippen LogP contribution is 2.23. The van der Waals surface area contributed by atoms with E-state index >= 15 is 0 Å². The molecule has 0 nitrogen and oxygen atoms in total. The van der Waals surface area contributed by atoms with Gasteiger partial charge in [-0.3, -0.25) is 0 Å². The van der Waals surface area contributed by atoms with Crippen molar-refractivity contribution in [2.24, 2.45) is 0 Å². The SMILES string of the molecule is CC/C=C(\C)c1ccc(C)s1. The molecule has 0 spiro atoms. The van der Waals surface area contributed by atoms with Crippen LogP contribution in [0.3, 0.4) is 0 Å². The Bertz CT molecular complexity index is 256. The topological polar surface area (TPSA) is 0 Å². The molecule has 0 unspecified atom stereocenters. The standard InChI is InChI=1S/C10H14S/c1-4-5-8(2)10-7-6-9(3)11-10/h5-7H,4H2,1-3H3/b8-5+. The Morgan fingerprint density at radius 3 is 2.73 bits per heavy atom. The van der Waals surface area contributed by atoms with E-state index in [1.165, 1.54) is 15.3 Å². The second-order valence-electron chi connectivity index (χ2n) is 2.71. The number of thiophene rings is 1. The molecule has 0 aliphatic carbocycles. The summed E-state index contributed by atoms with van der Waals surface area (Å²) in [6.45, 7) is 6.49. The molecule has 0 atom stereocenters. The highest BCUT2D eigenvalue weighted by molar-refractivity contribution is 7.13. The van der Waals surface area contributed by atoms with Gasteiger partial charge in [-0.25, -0.2) is 0 Å². The van der Waals surface area contributed by atoms with Gasteiger partial charge in [0, 0.05) is 9.75 Å². The van der Waals surface area contributed by atoms with E-state index < -0.39 is 0 Å². The van der Waals surface area contributed by atoms with Gasteiger partial charge >= 0.3 is 0 Å². The summed E-state index contributed by atoms with van der Waals surface area (Å²) in [5.41, 5.74) is 1.41. The molecule has 1 heterocycles. The lowest BCUT2D eigenvalue weighted by atomic mass is 10.2. The number of allylic oxidation sites excluding steroid dienone is 2. The maximum Gasteiger partial charge on any atom is 0.0299 e. The second kappa shape index (κ2) is 3.72. The van der Waals surface area contributed by atoms with E-state index in [1.54, 1.807) is 0 Å². The molecule has 0 amide bonds. The van der Waals surface area contributed by atoms with Crippen molar-refractivity contribution in [3.63, 3.8) is 0 Å². The minimum Gasteiger partial charge on any atom is -0.141 e. The molecular weight excluding hydrogens is 152 g/mol. The van der Waals surface area contributed by atoms with Crippen molar-refractivity contribution >= 4 is 16.9 Å². The van der Waals surface area contributed by atoms with Gasteiger partial charge in [0.05, 0.1) is 0 Å². The van der Waals surface area contributed by atoms with E-state index in [2.05, 4.69) is 39.0 Å². The lowest BCUT2D eigenvalue weighted by Gasteiger charge is -1.93. The third-order valence-corrected chi connectivity index (χ3v) is 2.78. The van der Waals surface area contributed by atoms with Crippen LogP contribution in [0, 0.1) is 6.92 Å². The van der Waals surface area contributed by atoms with Crippen molar-refractivity contribution in [1.29, 1.82) is 0 Å². The molecule has 0 bridgehead atoms. The molecule has 1 aromatic heterocycles. The molecule has 60 valence electrons. The number of rotatable bonds is 2. The average molecular weight is 166 g/mol. The van der Waals surface area contributed by atoms with Crippen LogP contribution in [-0.2, 0) is 0 Å². The molecule has 0 aliphatic heterocycles. The molecule has 1 rings (SSSR count). The Labute approximate surface area is 72.6 Å². The quantitative estimate of drug-likeness (QED) is 0.625. The van der Waals surface area contributed by atoms with Gasteiger partial charge in [0.2, 0.25) is 0 Å². The van der Waals surface area contributed by atoms with Gasteiger partial charge in [-0.2, -0.15) is 0 Å². The fourth-order valence-corrected chi connectivity index (χ4v) is 1.92. The molecule has 11 heavy (non-hydrogen) atoms. The maximum atomic E-state index is 2.27. The van der Waals surface area contributed by atoms with Gasteiger partial charge in [-0.15, -0.1) is 11.3 Å². The molecule has 1 heteroatoms. The maximum absolute atomic E-state index is 2.27. The predicted octanol–water partition coefficient (Wildman–Crippen LogP) is 3.87. The third-order valence-electron chi connectivity index (χ3n) is 1.64. The summed E-state index contributed by atoms with van der Waals surface area (Å²) < 4.78 is 0. The highest BCUT2D eigenvalue weighted by Gasteiger charge is 1.96. The van der Waals surface area contributed by atoms with Gasteiger partial charge in [0.15, 0.2) is 0 Å². The zero-order valence-corrected chi connectivity index (χ0v) is 8.16. The second-order valence-corrected chi connectivity index (χ2v) is 3.99. The van der Waals surface area contributed by atoms with Gasteiger partial charge in [-0.1, -0.05) is 13.0 Å². The van der Waals surface area contributed by atoms with Crippen LogP contribution in [0.5, 0.6) is 0 Å². The Hall–Kier alpha value is -0.560. The van der Waals surface area contributed by atoms with Gasteiger partial charge in [0.1, 0.15) is 0 Å². The van der Waals surface area contributed by atoms with E-state index in [-0.39, 0.29) is 0 Å². The van der Waals surface area contributed by atoms with Gasteiger partial charge in [-0.05, 0) is 38.0 Å². The summed E-state index contributed by atoms with van der Waals surface area (Å²) in [5, 5.41) is 0. The molecule has 0 radical (unpaired) electrons. The fourth-order valence-electron chi connectivity index (χ4n) is 1.05. The van der Waals surface area contributed by atoms with E-state index in [0.29, 0.717) is 0 Å². The van der Waals surface area contributed by atoms with Crippen molar-refractivity contribution in [2.45, 2.75) is 27.2 Å². The first-order chi connectivity index (χ1) is 5.24. The van der Waals surface area contributed by atoms with Crippen LogP contribution in [-0.4, -0.2) is 0 Å². The molecule has 1 aromatic rings. The van der Waals surface area contributed by atoms with Crippen molar-refractivity contribution in [3.8, 4) is 0 Å². The summed E-state index contributed by atoms with van der Waals surface area (Å²) in [7, 11) is 0. The summed E-state index contributed by atoms with van der Waals surface area (Å²) in [4.78, 5) is 2.80. The Balaban J connectivity index is 2.84. The first-order valence-electron chi connectivity index (χ1n) is 3.97. The largest absolute Gasteiger partial charge is 0.141 e. The van der Waals surface area contributed by atoms with E-state index in [4.69, 9.17) is 0 Å². The molecule has 0 aliphatic rings. The van der Waals surface area contributed by atoms with Crippen molar-refractivity contribution < 1.29 is 0 Å². The smallest absolute Gasteiger partial charge is 0.0299 e. The zero-order chi connectivity index (χ0) is 8.27. The first-order valence-corrected chi connectivity index (χ1v) is 4.79. The highest BCUT2D eigenvalue weighted by atomic mass is 32.1. The number of hydrogen-bond acceptors (Lipinski definition) is 1. The summed E-state index contributed by atoms with van der Waals surface area (Å²) in [6, 6.07) is 4.37. The van der Waals surface area contributed by atoms with Crippen molar-refractivity contribution in [1.82, 2.24) is 0 Å². The van der Waals surface area contributed by atoms with Crippen molar-refractivity contribution in [3.05, 3.63) is 28.0 Å². The summed E-state index contributed by atoms with van der Waals surface area (Å²) >= 11 is 1.87. The van der Waals surface area contributed by atoms with Crippen LogP contribution >= 0.6 is 11.3 Å². The van der Waals surface area contributed by atoms with E-state index in [1.807, 2.05) is 11.3 Å². The molecule has 0 aromatic carbocycles. The minimum atomic E-state index is 1.13. The Morgan fingerprint density at radius 2 is 2.27 bits per heavy atom. The van der Waals surface area contributed by atoms with Crippen LogP contribution < -0.4 is 0 Å². The van der Waals surface area contributed by atoms with Crippen LogP contribution in [0.4, 0.5) is 0 Å². The molecule has 0 saturated heterocycles. The average Bonchev–Trinajstić information content (AvgIpc) is 2.36. The lowest BCUT2D eigenvalue weighted by Crippen LogP contribution is -1.69. The first kappa shape index (κ1) is 8.54. The molecule has 0 saturated carbocycles. The normalized spacial score (nSPS) is 12.1. The minimum absolute atomic E-state index is 1.13. The zero-order valence-electron chi connectivity index (χ0n) is 7.35. The monoisotopic (exact) mass is 166 g/mol. The van der Waals surface area contributed by atoms with Crippen LogP contribution in [0.1, 0.15) is 30.0 Å². The van der Waals surface area contributed by atoms with E-state index in [9.17, 15) is 0 Å². The Morgan fingerprint density at radius 1 is 1.55 bits per heavy atom. The summed E-state index contributed by atoms with van der Waals surface area (Å²) in [6.07, 6.45) is 3.40. The van der Waals surface area contributed by atoms with E-state index in [0.717, 1.165) is 6.42 Å². The molecule has 0 fully saturated rings. The Kier molecular flexibility index (Phi) is 2.89. The van der Waals surface area contributed by atoms with Gasteiger partial charge < -0.3 is 0 Å². The fraction of sp³-hybridized carbons (Fsp3) is 0.400. The predicted molar refractivity (Wildman–Crippen MR) is 53.0 cm³/mol. The van der Waals surface area contributed by atoms with Crippen LogP contribution in [0.15, 0.2) is 18.2 Å². The number of hydrogen-bond donors (Lipinski definition) is 0. The molecular formula is C10H14S. The lowest BCUT2D eigenvalue weighted by molar-refractivity contribution is 1.22.